The van der Waals surface area contributed by atoms with Crippen LogP contribution in [0.5, 0.6) is 0 Å². The molecule has 0 atom stereocenters. The first-order chi connectivity index (χ1) is 10.0. The van der Waals surface area contributed by atoms with Gasteiger partial charge in [-0.1, -0.05) is 12.1 Å². The van der Waals surface area contributed by atoms with Gasteiger partial charge in [0.05, 0.1) is 16.6 Å². The Kier molecular flexibility index (Phi) is 3.25. The number of pyridine rings is 2. The average molecular weight is 288 g/mol. The molecule has 5 heteroatoms. The summed E-state index contributed by atoms with van der Waals surface area (Å²) < 4.78 is 39.9. The molecular weight excluding hydrogens is 277 g/mol. The molecule has 2 aromatic heterocycles. The fraction of sp³-hybridized carbons (Fsp3) is 0.0625. The second-order valence-electron chi connectivity index (χ2n) is 4.58. The molecule has 0 saturated carbocycles. The summed E-state index contributed by atoms with van der Waals surface area (Å²) in [4.78, 5) is 4.25. The Morgan fingerprint density at radius 1 is 0.857 bits per heavy atom. The molecule has 0 aliphatic heterocycles. The monoisotopic (exact) mass is 288 g/mol. The summed E-state index contributed by atoms with van der Waals surface area (Å²) in [6, 6.07) is 14.3. The van der Waals surface area contributed by atoms with Crippen LogP contribution in [0.25, 0.3) is 5.52 Å². The Bertz CT molecular complexity index is 848. The molecule has 0 N–H and O–H groups in total. The van der Waals surface area contributed by atoms with Gasteiger partial charge in [-0.3, -0.25) is 0 Å². The molecule has 2 heterocycles. The highest BCUT2D eigenvalue weighted by molar-refractivity contribution is 5.47. The van der Waals surface area contributed by atoms with E-state index in [9.17, 15) is 13.2 Å². The van der Waals surface area contributed by atoms with Crippen LogP contribution in [0.1, 0.15) is 5.56 Å². The summed E-state index contributed by atoms with van der Waals surface area (Å²) in [7, 11) is 0. The molecule has 21 heavy (non-hydrogen) atoms. The van der Waals surface area contributed by atoms with Crippen molar-refractivity contribution < 1.29 is 13.2 Å². The van der Waals surface area contributed by atoms with E-state index in [1.807, 2.05) is 41.1 Å². The summed E-state index contributed by atoms with van der Waals surface area (Å²) in [5.41, 5.74) is 0.509. The third-order valence-electron chi connectivity index (χ3n) is 3.06. The molecule has 0 spiro atoms. The zero-order valence-electron chi connectivity index (χ0n) is 10.9. The second kappa shape index (κ2) is 5.09. The molecule has 3 rings (SSSR count). The molecule has 3 aromatic rings. The number of halogens is 3. The van der Waals surface area contributed by atoms with Gasteiger partial charge < -0.3 is 4.40 Å². The molecule has 106 valence electrons. The van der Waals surface area contributed by atoms with Crippen LogP contribution >= 0.6 is 0 Å². The van der Waals surface area contributed by atoms with Gasteiger partial charge in [0.2, 0.25) is 0 Å². The largest absolute Gasteiger partial charge is 0.416 e. The van der Waals surface area contributed by atoms with Crippen LogP contribution in [0.15, 0.2) is 72.0 Å². The van der Waals surface area contributed by atoms with Gasteiger partial charge in [0.1, 0.15) is 0 Å². The van der Waals surface area contributed by atoms with Gasteiger partial charge >= 0.3 is 6.18 Å². The van der Waals surface area contributed by atoms with Gasteiger partial charge in [-0.05, 0) is 42.5 Å². The van der Waals surface area contributed by atoms with Crippen molar-refractivity contribution in [3.63, 3.8) is 0 Å². The molecule has 0 aliphatic rings. The number of nitrogens with zero attached hydrogens (tertiary/aromatic N) is 2. The van der Waals surface area contributed by atoms with E-state index >= 15 is 0 Å². The molecule has 0 saturated heterocycles. The van der Waals surface area contributed by atoms with Crippen LogP contribution in [0.2, 0.25) is 0 Å². The Labute approximate surface area is 118 Å². The number of fused-ring (bicyclic) bond motifs is 1. The van der Waals surface area contributed by atoms with E-state index in [1.165, 1.54) is 6.07 Å². The minimum atomic E-state index is -4.36. The Morgan fingerprint density at radius 3 is 2.52 bits per heavy atom. The molecule has 0 bridgehead atoms. The Balaban J connectivity index is 2.07. The lowest BCUT2D eigenvalue weighted by Gasteiger charge is -2.06. The van der Waals surface area contributed by atoms with E-state index in [-0.39, 0.29) is 5.69 Å². The van der Waals surface area contributed by atoms with Gasteiger partial charge in [0.25, 0.3) is 0 Å². The van der Waals surface area contributed by atoms with E-state index in [1.54, 1.807) is 12.1 Å². The molecule has 0 radical (unpaired) electrons. The van der Waals surface area contributed by atoms with E-state index < -0.39 is 11.7 Å². The van der Waals surface area contributed by atoms with Gasteiger partial charge in [-0.2, -0.15) is 13.2 Å². The molecule has 0 aliphatic carbocycles. The number of hydrogen-bond acceptors (Lipinski definition) is 1. The fourth-order valence-electron chi connectivity index (χ4n) is 2.05. The lowest BCUT2D eigenvalue weighted by molar-refractivity contribution is -0.137. The number of benzene rings is 1. The SMILES string of the molecule is FC(F)(F)c1cccc(/N=c2\ccn3ccccc3c2)c1. The quantitative estimate of drug-likeness (QED) is 0.638. The van der Waals surface area contributed by atoms with Crippen LogP contribution in [0.4, 0.5) is 18.9 Å². The van der Waals surface area contributed by atoms with Crippen molar-refractivity contribution in [3.05, 3.63) is 77.9 Å². The molecule has 2 nitrogen and oxygen atoms in total. The van der Waals surface area contributed by atoms with Crippen molar-refractivity contribution in [1.82, 2.24) is 4.40 Å². The van der Waals surface area contributed by atoms with E-state index in [0.717, 1.165) is 17.6 Å². The summed E-state index contributed by atoms with van der Waals surface area (Å²) in [5, 5.41) is 0.612. The van der Waals surface area contributed by atoms with Crippen molar-refractivity contribution in [1.29, 1.82) is 0 Å². The van der Waals surface area contributed by atoms with Gasteiger partial charge in [-0.25, -0.2) is 4.99 Å². The van der Waals surface area contributed by atoms with Gasteiger partial charge in [-0.15, -0.1) is 0 Å². The van der Waals surface area contributed by atoms with Crippen molar-refractivity contribution in [2.45, 2.75) is 6.18 Å². The van der Waals surface area contributed by atoms with Crippen LogP contribution in [0.3, 0.4) is 0 Å². The Hall–Kier alpha value is -2.56. The number of alkyl halides is 3. The number of hydrogen-bond donors (Lipinski definition) is 0. The van der Waals surface area contributed by atoms with Gasteiger partial charge in [0.15, 0.2) is 0 Å². The topological polar surface area (TPSA) is 16.8 Å². The number of aromatic nitrogens is 1. The maximum Gasteiger partial charge on any atom is 0.416 e. The highest BCUT2D eigenvalue weighted by Crippen LogP contribution is 2.31. The molecule has 0 unspecified atom stereocenters. The van der Waals surface area contributed by atoms with Crippen LogP contribution in [0, 0.1) is 0 Å². The predicted molar refractivity (Wildman–Crippen MR) is 74.1 cm³/mol. The normalized spacial score (nSPS) is 12.8. The second-order valence-corrected chi connectivity index (χ2v) is 4.58. The maximum absolute atomic E-state index is 12.7. The van der Waals surface area contributed by atoms with Crippen LogP contribution in [-0.2, 0) is 6.18 Å². The minimum absolute atomic E-state index is 0.283. The first kappa shape index (κ1) is 13.4. The predicted octanol–water partition coefficient (Wildman–Crippen LogP) is 4.19. The number of rotatable bonds is 1. The summed E-state index contributed by atoms with van der Waals surface area (Å²) in [6.07, 6.45) is -0.643. The average Bonchev–Trinajstić information content (AvgIpc) is 2.46. The molecule has 1 aromatic carbocycles. The lowest BCUT2D eigenvalue weighted by Crippen LogP contribution is -2.05. The zero-order valence-corrected chi connectivity index (χ0v) is 10.9. The molecule has 0 amide bonds. The summed E-state index contributed by atoms with van der Waals surface area (Å²) in [6.45, 7) is 0. The van der Waals surface area contributed by atoms with Crippen molar-refractivity contribution in [2.24, 2.45) is 4.99 Å². The van der Waals surface area contributed by atoms with E-state index in [4.69, 9.17) is 0 Å². The first-order valence-electron chi connectivity index (χ1n) is 6.31. The highest BCUT2D eigenvalue weighted by atomic mass is 19.4. The smallest absolute Gasteiger partial charge is 0.324 e. The molecular formula is C16H11F3N2. The summed E-state index contributed by atoms with van der Waals surface area (Å²) in [5.74, 6) is 0. The summed E-state index contributed by atoms with van der Waals surface area (Å²) >= 11 is 0. The van der Waals surface area contributed by atoms with Crippen LogP contribution in [-0.4, -0.2) is 4.40 Å². The first-order valence-corrected chi connectivity index (χ1v) is 6.31. The van der Waals surface area contributed by atoms with E-state index in [2.05, 4.69) is 4.99 Å². The molecule has 0 fully saturated rings. The third-order valence-corrected chi connectivity index (χ3v) is 3.06. The Morgan fingerprint density at radius 2 is 1.71 bits per heavy atom. The minimum Gasteiger partial charge on any atom is -0.324 e. The standard InChI is InChI=1S/C16H11F3N2/c17-16(18,19)12-4-3-5-13(10-12)20-14-7-9-21-8-2-1-6-15(21)11-14/h1-11H/b20-14+. The third kappa shape index (κ3) is 2.97. The van der Waals surface area contributed by atoms with Crippen LogP contribution < -0.4 is 5.36 Å². The van der Waals surface area contributed by atoms with Crippen molar-refractivity contribution >= 4 is 11.2 Å². The highest BCUT2D eigenvalue weighted by Gasteiger charge is 2.30. The van der Waals surface area contributed by atoms with Crippen molar-refractivity contribution in [2.75, 3.05) is 0 Å². The maximum atomic E-state index is 12.7. The van der Waals surface area contributed by atoms with Crippen molar-refractivity contribution in [3.8, 4) is 0 Å². The van der Waals surface area contributed by atoms with E-state index in [0.29, 0.717) is 5.36 Å². The van der Waals surface area contributed by atoms with Gasteiger partial charge in [0, 0.05) is 17.9 Å². The zero-order chi connectivity index (χ0) is 14.9. The lowest BCUT2D eigenvalue weighted by atomic mass is 10.2. The fourth-order valence-corrected chi connectivity index (χ4v) is 2.05.